The topological polar surface area (TPSA) is 49.8 Å². The molecule has 0 atom stereocenters. The molecule has 0 spiro atoms. The van der Waals surface area contributed by atoms with Crippen molar-refractivity contribution >= 4 is 23.3 Å². The van der Waals surface area contributed by atoms with Crippen molar-refractivity contribution in [1.82, 2.24) is 0 Å². The van der Waals surface area contributed by atoms with Gasteiger partial charge in [-0.1, -0.05) is 11.6 Å². The Kier molecular flexibility index (Phi) is 2.70. The second-order valence-electron chi connectivity index (χ2n) is 4.82. The number of carboxylic acids is 1. The predicted molar refractivity (Wildman–Crippen MR) is 66.4 cm³/mol. The molecule has 1 aromatic rings. The zero-order valence-electron chi connectivity index (χ0n) is 9.95. The van der Waals surface area contributed by atoms with Gasteiger partial charge >= 0.3 is 5.97 Å². The number of fused-ring (bicyclic) bond motifs is 1. The lowest BCUT2D eigenvalue weighted by atomic mass is 10.0. The SMILES string of the molecule is CN1CC(C)(C)Oc2c(C(=O)O)cc(Cl)cc21. The monoisotopic (exact) mass is 255 g/mol. The van der Waals surface area contributed by atoms with E-state index in [0.29, 0.717) is 23.0 Å². The molecule has 1 aromatic carbocycles. The Hall–Kier alpha value is -1.42. The van der Waals surface area contributed by atoms with E-state index in [2.05, 4.69) is 0 Å². The molecule has 0 bridgehead atoms. The van der Waals surface area contributed by atoms with Gasteiger partial charge in [-0.2, -0.15) is 0 Å². The maximum Gasteiger partial charge on any atom is 0.339 e. The lowest BCUT2D eigenvalue weighted by molar-refractivity contribution is 0.0671. The van der Waals surface area contributed by atoms with Crippen molar-refractivity contribution in [2.75, 3.05) is 18.5 Å². The fourth-order valence-electron chi connectivity index (χ4n) is 2.09. The van der Waals surface area contributed by atoms with Gasteiger partial charge < -0.3 is 14.7 Å². The van der Waals surface area contributed by atoms with E-state index in [1.165, 1.54) is 6.07 Å². The quantitative estimate of drug-likeness (QED) is 0.838. The molecule has 17 heavy (non-hydrogen) atoms. The number of ether oxygens (including phenoxy) is 1. The maximum absolute atomic E-state index is 11.2. The van der Waals surface area contributed by atoms with E-state index in [1.807, 2.05) is 25.8 Å². The van der Waals surface area contributed by atoms with Crippen LogP contribution in [0.2, 0.25) is 5.02 Å². The highest BCUT2D eigenvalue weighted by Gasteiger charge is 2.33. The van der Waals surface area contributed by atoms with Crippen molar-refractivity contribution in [3.8, 4) is 5.75 Å². The molecule has 5 heteroatoms. The molecule has 0 amide bonds. The molecular weight excluding hydrogens is 242 g/mol. The Balaban J connectivity index is 2.63. The van der Waals surface area contributed by atoms with Crippen molar-refractivity contribution in [3.05, 3.63) is 22.7 Å². The lowest BCUT2D eigenvalue weighted by Gasteiger charge is -2.39. The summed E-state index contributed by atoms with van der Waals surface area (Å²) in [5.74, 6) is -0.643. The smallest absolute Gasteiger partial charge is 0.339 e. The molecule has 0 saturated heterocycles. The summed E-state index contributed by atoms with van der Waals surface area (Å²) in [5.41, 5.74) is 0.404. The van der Waals surface area contributed by atoms with Gasteiger partial charge in [-0.15, -0.1) is 0 Å². The van der Waals surface area contributed by atoms with Gasteiger partial charge in [0.05, 0.1) is 12.2 Å². The van der Waals surface area contributed by atoms with Crippen LogP contribution < -0.4 is 9.64 Å². The van der Waals surface area contributed by atoms with Gasteiger partial charge in [-0.3, -0.25) is 0 Å². The second-order valence-corrected chi connectivity index (χ2v) is 5.26. The van der Waals surface area contributed by atoms with Gasteiger partial charge in [-0.25, -0.2) is 4.79 Å². The summed E-state index contributed by atoms with van der Waals surface area (Å²) in [6.45, 7) is 4.53. The van der Waals surface area contributed by atoms with E-state index in [9.17, 15) is 4.79 Å². The molecular formula is C12H14ClNO3. The summed E-state index contributed by atoms with van der Waals surface area (Å²) >= 11 is 5.92. The molecule has 2 rings (SSSR count). The number of hydrogen-bond donors (Lipinski definition) is 1. The highest BCUT2D eigenvalue weighted by molar-refractivity contribution is 6.31. The summed E-state index contributed by atoms with van der Waals surface area (Å²) in [4.78, 5) is 13.1. The maximum atomic E-state index is 11.2. The van der Waals surface area contributed by atoms with E-state index in [-0.39, 0.29) is 5.56 Å². The van der Waals surface area contributed by atoms with Crippen LogP contribution in [0.4, 0.5) is 5.69 Å². The highest BCUT2D eigenvalue weighted by atomic mass is 35.5. The summed E-state index contributed by atoms with van der Waals surface area (Å²) < 4.78 is 5.76. The number of carboxylic acid groups (broad SMARTS) is 1. The van der Waals surface area contributed by atoms with E-state index in [1.54, 1.807) is 6.07 Å². The first-order chi connectivity index (χ1) is 7.80. The summed E-state index contributed by atoms with van der Waals surface area (Å²) in [6.07, 6.45) is 0. The minimum atomic E-state index is -1.03. The first kappa shape index (κ1) is 12.0. The van der Waals surface area contributed by atoms with E-state index < -0.39 is 11.6 Å². The number of nitrogens with zero attached hydrogens (tertiary/aromatic N) is 1. The van der Waals surface area contributed by atoms with Crippen molar-refractivity contribution in [2.24, 2.45) is 0 Å². The van der Waals surface area contributed by atoms with Crippen molar-refractivity contribution in [3.63, 3.8) is 0 Å². The molecule has 0 fully saturated rings. The second kappa shape index (κ2) is 3.81. The van der Waals surface area contributed by atoms with Crippen LogP contribution in [0, 0.1) is 0 Å². The molecule has 1 heterocycles. The normalized spacial score (nSPS) is 17.3. The zero-order valence-corrected chi connectivity index (χ0v) is 10.7. The number of likely N-dealkylation sites (N-methyl/N-ethyl adjacent to an activating group) is 1. The standard InChI is InChI=1S/C12H14ClNO3/c1-12(2)6-14(3)9-5-7(13)4-8(11(15)16)10(9)17-12/h4-5H,6H2,1-3H3,(H,15,16). The zero-order chi connectivity index (χ0) is 12.8. The minimum absolute atomic E-state index is 0.104. The van der Waals surface area contributed by atoms with Gasteiger partial charge in [0.2, 0.25) is 0 Å². The molecule has 0 unspecified atom stereocenters. The van der Waals surface area contributed by atoms with Gasteiger partial charge in [-0.05, 0) is 26.0 Å². The molecule has 0 aliphatic carbocycles. The first-order valence-corrected chi connectivity index (χ1v) is 5.65. The van der Waals surface area contributed by atoms with E-state index in [4.69, 9.17) is 21.4 Å². The molecule has 1 aliphatic heterocycles. The molecule has 92 valence electrons. The van der Waals surface area contributed by atoms with Gasteiger partial charge in [0.15, 0.2) is 5.75 Å². The lowest BCUT2D eigenvalue weighted by Crippen LogP contribution is -2.45. The van der Waals surface area contributed by atoms with Gasteiger partial charge in [0.1, 0.15) is 11.2 Å². The van der Waals surface area contributed by atoms with Crippen LogP contribution in [0.5, 0.6) is 5.75 Å². The molecule has 0 aromatic heterocycles. The average molecular weight is 256 g/mol. The number of rotatable bonds is 1. The van der Waals surface area contributed by atoms with Crippen LogP contribution in [0.25, 0.3) is 0 Å². The third-order valence-electron chi connectivity index (χ3n) is 2.67. The van der Waals surface area contributed by atoms with E-state index >= 15 is 0 Å². The third-order valence-corrected chi connectivity index (χ3v) is 2.89. The summed E-state index contributed by atoms with van der Waals surface area (Å²) in [6, 6.07) is 3.14. The predicted octanol–water partition coefficient (Wildman–Crippen LogP) is 2.65. The Labute approximate surface area is 105 Å². The van der Waals surface area contributed by atoms with Crippen LogP contribution in [-0.2, 0) is 0 Å². The Morgan fingerprint density at radius 3 is 2.76 bits per heavy atom. The van der Waals surface area contributed by atoms with Gasteiger partial charge in [0, 0.05) is 12.1 Å². The Morgan fingerprint density at radius 1 is 1.53 bits per heavy atom. The van der Waals surface area contributed by atoms with Crippen LogP contribution >= 0.6 is 11.6 Å². The number of halogens is 1. The first-order valence-electron chi connectivity index (χ1n) is 5.27. The molecule has 1 N–H and O–H groups in total. The minimum Gasteiger partial charge on any atom is -0.483 e. The molecule has 1 aliphatic rings. The van der Waals surface area contributed by atoms with Crippen molar-refractivity contribution < 1.29 is 14.6 Å². The molecule has 4 nitrogen and oxygen atoms in total. The number of anilines is 1. The molecule has 0 saturated carbocycles. The fraction of sp³-hybridized carbons (Fsp3) is 0.417. The number of hydrogen-bond acceptors (Lipinski definition) is 3. The average Bonchev–Trinajstić information content (AvgIpc) is 2.17. The number of benzene rings is 1. The summed E-state index contributed by atoms with van der Waals surface area (Å²) in [5, 5.41) is 9.56. The third kappa shape index (κ3) is 2.17. The van der Waals surface area contributed by atoms with Gasteiger partial charge in [0.25, 0.3) is 0 Å². The fourth-order valence-corrected chi connectivity index (χ4v) is 2.31. The van der Waals surface area contributed by atoms with Crippen LogP contribution in [0.3, 0.4) is 0 Å². The van der Waals surface area contributed by atoms with Crippen molar-refractivity contribution in [1.29, 1.82) is 0 Å². The van der Waals surface area contributed by atoms with E-state index in [0.717, 1.165) is 0 Å². The largest absolute Gasteiger partial charge is 0.483 e. The highest BCUT2D eigenvalue weighted by Crippen LogP contribution is 2.40. The summed E-state index contributed by atoms with van der Waals surface area (Å²) in [7, 11) is 1.89. The Bertz CT molecular complexity index is 485. The van der Waals surface area contributed by atoms with Crippen LogP contribution in [-0.4, -0.2) is 30.3 Å². The van der Waals surface area contributed by atoms with Crippen LogP contribution in [0.1, 0.15) is 24.2 Å². The molecule has 0 radical (unpaired) electrons. The van der Waals surface area contributed by atoms with Crippen molar-refractivity contribution in [2.45, 2.75) is 19.4 Å². The van der Waals surface area contributed by atoms with Crippen LogP contribution in [0.15, 0.2) is 12.1 Å². The Morgan fingerprint density at radius 2 is 2.18 bits per heavy atom. The number of aromatic carboxylic acids is 1. The number of carbonyl (C=O) groups is 1.